The first kappa shape index (κ1) is 12.9. The molecule has 0 radical (unpaired) electrons. The fraction of sp³-hybridized carbons (Fsp3) is 1.00. The van der Waals surface area contributed by atoms with Gasteiger partial charge in [-0.05, 0) is 0 Å². The van der Waals surface area contributed by atoms with Crippen molar-refractivity contribution < 1.29 is 33.4 Å². The Morgan fingerprint density at radius 1 is 1.13 bits per heavy atom. The van der Waals surface area contributed by atoms with E-state index in [4.69, 9.17) is 9.66 Å². The monoisotopic (exact) mass is 243 g/mol. The Balaban J connectivity index is 2.54. The number of hydrogen-bond donors (Lipinski definition) is 6. The molecule has 90 valence electrons. The molecule has 0 aromatic heterocycles. The van der Waals surface area contributed by atoms with Crippen LogP contribution >= 0.6 is 0 Å². The Morgan fingerprint density at radius 3 is 2.27 bits per heavy atom. The molecule has 0 saturated carbocycles. The zero-order valence-electron chi connectivity index (χ0n) is 7.55. The molecule has 1 heterocycles. The third kappa shape index (κ3) is 3.16. The maximum Gasteiger partial charge on any atom is 0.301 e. The van der Waals surface area contributed by atoms with Gasteiger partial charge in [-0.25, -0.2) is 0 Å². The fourth-order valence-corrected chi connectivity index (χ4v) is 1.58. The maximum absolute atomic E-state index is 10.2. The predicted octanol–water partition coefficient (Wildman–Crippen LogP) is -3.49. The van der Waals surface area contributed by atoms with Crippen molar-refractivity contribution >= 4 is 11.4 Å². The van der Waals surface area contributed by atoms with Gasteiger partial charge in [0.1, 0.15) is 24.5 Å². The molecule has 1 aliphatic rings. The van der Waals surface area contributed by atoms with Crippen LogP contribution in [0.3, 0.4) is 0 Å². The number of piperidine rings is 1. The molecular weight excluding hydrogens is 230 g/mol. The van der Waals surface area contributed by atoms with Crippen LogP contribution in [0.25, 0.3) is 0 Å². The van der Waals surface area contributed by atoms with Gasteiger partial charge in [0.2, 0.25) is 0 Å². The summed E-state index contributed by atoms with van der Waals surface area (Å²) in [6.45, 7) is -0.384. The van der Waals surface area contributed by atoms with E-state index in [2.05, 4.69) is 9.50 Å². The maximum atomic E-state index is 10.2. The lowest BCUT2D eigenvalue weighted by Crippen LogP contribution is -2.66. The van der Waals surface area contributed by atoms with E-state index in [1.165, 1.54) is 0 Å². The summed E-state index contributed by atoms with van der Waals surface area (Å²) < 4.78 is 22.8. The zero-order chi connectivity index (χ0) is 11.6. The quantitative estimate of drug-likeness (QED) is 0.281. The first-order valence-corrected chi connectivity index (χ1v) is 5.19. The van der Waals surface area contributed by atoms with Crippen molar-refractivity contribution in [3.8, 4) is 0 Å². The van der Waals surface area contributed by atoms with Crippen LogP contribution in [0, 0.1) is 0 Å². The molecule has 0 aliphatic carbocycles. The van der Waals surface area contributed by atoms with E-state index in [9.17, 15) is 19.5 Å². The van der Waals surface area contributed by atoms with Gasteiger partial charge in [0.05, 0.1) is 12.6 Å². The molecule has 0 aromatic rings. The van der Waals surface area contributed by atoms with Crippen LogP contribution in [0.5, 0.6) is 0 Å². The van der Waals surface area contributed by atoms with E-state index < -0.39 is 41.9 Å². The van der Waals surface area contributed by atoms with Crippen LogP contribution in [0.4, 0.5) is 0 Å². The van der Waals surface area contributed by atoms with Crippen molar-refractivity contribution in [2.24, 2.45) is 0 Å². The van der Waals surface area contributed by atoms with Crippen molar-refractivity contribution in [3.05, 3.63) is 0 Å². The lowest BCUT2D eigenvalue weighted by Gasteiger charge is -2.38. The van der Waals surface area contributed by atoms with E-state index >= 15 is 0 Å². The van der Waals surface area contributed by atoms with Crippen LogP contribution in [0.15, 0.2) is 0 Å². The molecule has 1 fully saturated rings. The standard InChI is InChI=1S/C6H13NO7S/c8-3-2(1-14-15(12)13)7-6(11)5(10)4(3)9/h2-11H,1H2,(H,12,13)/t2-,3+,4+,5-,6?/m1/s1. The molecule has 9 heteroatoms. The van der Waals surface area contributed by atoms with E-state index in [0.717, 1.165) is 0 Å². The van der Waals surface area contributed by atoms with Gasteiger partial charge in [0.15, 0.2) is 0 Å². The number of aliphatic hydroxyl groups is 4. The molecule has 0 amide bonds. The SMILES string of the molecule is O=S(O)OC[C@H]1NC(O)[C@H](O)[C@@H](O)[C@H]1O. The Morgan fingerprint density at radius 2 is 1.73 bits per heavy atom. The summed E-state index contributed by atoms with van der Waals surface area (Å²) in [5, 5.41) is 39.3. The van der Waals surface area contributed by atoms with Crippen LogP contribution in [-0.4, -0.2) is 66.4 Å². The van der Waals surface area contributed by atoms with Crippen molar-refractivity contribution in [2.75, 3.05) is 6.61 Å². The molecular formula is C6H13NO7S. The van der Waals surface area contributed by atoms with Crippen LogP contribution < -0.4 is 5.32 Å². The molecule has 2 unspecified atom stereocenters. The second-order valence-electron chi connectivity index (χ2n) is 3.19. The van der Waals surface area contributed by atoms with Gasteiger partial charge < -0.3 is 20.4 Å². The zero-order valence-corrected chi connectivity index (χ0v) is 8.37. The van der Waals surface area contributed by atoms with Crippen LogP contribution in [0.2, 0.25) is 0 Å². The summed E-state index contributed by atoms with van der Waals surface area (Å²) in [6, 6.07) is -0.936. The van der Waals surface area contributed by atoms with Crippen LogP contribution in [-0.2, 0) is 15.5 Å². The summed E-state index contributed by atoms with van der Waals surface area (Å²) in [5.41, 5.74) is 0. The van der Waals surface area contributed by atoms with E-state index in [1.807, 2.05) is 0 Å². The van der Waals surface area contributed by atoms with Gasteiger partial charge in [-0.2, -0.15) is 4.21 Å². The summed E-state index contributed by atoms with van der Waals surface area (Å²) >= 11 is -2.49. The van der Waals surface area contributed by atoms with E-state index in [0.29, 0.717) is 0 Å². The number of rotatable bonds is 3. The van der Waals surface area contributed by atoms with Crippen molar-refractivity contribution in [2.45, 2.75) is 30.6 Å². The molecule has 15 heavy (non-hydrogen) atoms. The highest BCUT2D eigenvalue weighted by molar-refractivity contribution is 7.74. The first-order valence-electron chi connectivity index (χ1n) is 4.16. The summed E-state index contributed by atoms with van der Waals surface area (Å²) in [6.07, 6.45) is -5.88. The minimum Gasteiger partial charge on any atom is -0.389 e. The Hall–Kier alpha value is -0.130. The van der Waals surface area contributed by atoms with Gasteiger partial charge in [0.25, 0.3) is 0 Å². The molecule has 6 N–H and O–H groups in total. The summed E-state index contributed by atoms with van der Waals surface area (Å²) in [5.74, 6) is 0. The molecule has 6 atom stereocenters. The molecule has 0 aromatic carbocycles. The lowest BCUT2D eigenvalue weighted by atomic mass is 9.95. The first-order chi connectivity index (χ1) is 6.93. The molecule has 8 nitrogen and oxygen atoms in total. The second-order valence-corrected chi connectivity index (χ2v) is 3.86. The lowest BCUT2D eigenvalue weighted by molar-refractivity contribution is -0.160. The van der Waals surface area contributed by atoms with Crippen LogP contribution in [0.1, 0.15) is 0 Å². The fourth-order valence-electron chi connectivity index (χ4n) is 1.32. The normalized spacial score (nSPS) is 43.9. The van der Waals surface area contributed by atoms with Crippen molar-refractivity contribution in [1.82, 2.24) is 5.32 Å². The Kier molecular flexibility index (Phi) is 4.55. The smallest absolute Gasteiger partial charge is 0.301 e. The highest BCUT2D eigenvalue weighted by Crippen LogP contribution is 2.14. The van der Waals surface area contributed by atoms with E-state index in [1.54, 1.807) is 0 Å². The van der Waals surface area contributed by atoms with Crippen molar-refractivity contribution in [3.63, 3.8) is 0 Å². The number of aliphatic hydroxyl groups excluding tert-OH is 4. The predicted molar refractivity (Wildman–Crippen MR) is 47.7 cm³/mol. The third-order valence-electron chi connectivity index (χ3n) is 2.17. The van der Waals surface area contributed by atoms with Gasteiger partial charge in [-0.3, -0.25) is 14.1 Å². The Labute approximate surface area is 88.0 Å². The van der Waals surface area contributed by atoms with Crippen molar-refractivity contribution in [1.29, 1.82) is 0 Å². The molecule has 1 rings (SSSR count). The second kappa shape index (κ2) is 5.27. The molecule has 1 saturated heterocycles. The Bertz CT molecular complexity index is 240. The minimum absolute atomic E-state index is 0.384. The minimum atomic E-state index is -2.49. The number of nitrogens with one attached hydrogen (secondary N) is 1. The highest BCUT2D eigenvalue weighted by atomic mass is 32.2. The molecule has 1 aliphatic heterocycles. The largest absolute Gasteiger partial charge is 0.389 e. The average molecular weight is 243 g/mol. The van der Waals surface area contributed by atoms with Gasteiger partial charge in [-0.15, -0.1) is 0 Å². The number of hydrogen-bond acceptors (Lipinski definition) is 7. The van der Waals surface area contributed by atoms with E-state index in [-0.39, 0.29) is 6.61 Å². The topological polar surface area (TPSA) is 139 Å². The molecule has 0 spiro atoms. The third-order valence-corrected chi connectivity index (χ3v) is 2.51. The van der Waals surface area contributed by atoms with Gasteiger partial charge in [-0.1, -0.05) is 0 Å². The highest BCUT2D eigenvalue weighted by Gasteiger charge is 2.41. The van der Waals surface area contributed by atoms with Gasteiger partial charge >= 0.3 is 11.4 Å². The summed E-state index contributed by atoms with van der Waals surface area (Å²) in [7, 11) is 0. The average Bonchev–Trinajstić information content (AvgIpc) is 2.18. The van der Waals surface area contributed by atoms with Gasteiger partial charge in [0, 0.05) is 0 Å². The molecule has 0 bridgehead atoms. The summed E-state index contributed by atoms with van der Waals surface area (Å²) in [4.78, 5) is 0.